The molecule has 3 aliphatic rings. The van der Waals surface area contributed by atoms with Crippen LogP contribution in [0.2, 0.25) is 0 Å². The molecule has 3 saturated heterocycles. The minimum atomic E-state index is -0.275. The summed E-state index contributed by atoms with van der Waals surface area (Å²) in [7, 11) is 0. The van der Waals surface area contributed by atoms with Gasteiger partial charge in [-0.3, -0.25) is 9.69 Å². The molecule has 1 aromatic rings. The van der Waals surface area contributed by atoms with Crippen LogP contribution in [0.3, 0.4) is 0 Å². The fourth-order valence-corrected chi connectivity index (χ4v) is 4.66. The molecule has 3 aliphatic heterocycles. The van der Waals surface area contributed by atoms with E-state index in [0.717, 1.165) is 70.8 Å². The summed E-state index contributed by atoms with van der Waals surface area (Å²) in [4.78, 5) is 26.3. The van der Waals surface area contributed by atoms with Gasteiger partial charge in [0.05, 0.1) is 5.41 Å². The van der Waals surface area contributed by atoms with Crippen LogP contribution < -0.4 is 4.90 Å². The third-order valence-electron chi connectivity index (χ3n) is 6.22. The van der Waals surface area contributed by atoms with Gasteiger partial charge in [-0.05, 0) is 50.8 Å². The molecule has 142 valence electrons. The first kappa shape index (κ1) is 17.7. The summed E-state index contributed by atoms with van der Waals surface area (Å²) in [6.45, 7) is 7.05. The van der Waals surface area contributed by atoms with Gasteiger partial charge in [-0.2, -0.15) is 0 Å². The Bertz CT molecular complexity index is 619. The number of piperidine rings is 1. The Balaban J connectivity index is 1.34. The van der Waals surface area contributed by atoms with Gasteiger partial charge >= 0.3 is 5.97 Å². The molecule has 0 aliphatic carbocycles. The van der Waals surface area contributed by atoms with E-state index < -0.39 is 0 Å². The number of aryl methyl sites for hydroxylation is 1. The lowest BCUT2D eigenvalue weighted by atomic mass is 9.76. The topological polar surface area (TPSA) is 58.6 Å². The predicted molar refractivity (Wildman–Crippen MR) is 100 cm³/mol. The zero-order valence-electron chi connectivity index (χ0n) is 15.8. The van der Waals surface area contributed by atoms with E-state index in [0.29, 0.717) is 0 Å². The molecule has 3 fully saturated rings. The van der Waals surface area contributed by atoms with Crippen molar-refractivity contribution in [2.24, 2.45) is 5.41 Å². The molecular weight excluding hydrogens is 328 g/mol. The van der Waals surface area contributed by atoms with Crippen molar-refractivity contribution in [1.82, 2.24) is 14.9 Å². The Hall–Kier alpha value is -1.69. The lowest BCUT2D eigenvalue weighted by Crippen LogP contribution is -2.43. The van der Waals surface area contributed by atoms with E-state index in [1.165, 1.54) is 18.4 Å². The third kappa shape index (κ3) is 3.56. The number of rotatable bonds is 5. The molecule has 1 unspecified atom stereocenters. The maximum absolute atomic E-state index is 12.6. The minimum absolute atomic E-state index is 0.0283. The molecular formula is C20H30N4O2. The number of hydrogen-bond donors (Lipinski definition) is 0. The van der Waals surface area contributed by atoms with Gasteiger partial charge in [0, 0.05) is 38.4 Å². The molecule has 0 saturated carbocycles. The van der Waals surface area contributed by atoms with Crippen LogP contribution in [0.4, 0.5) is 5.95 Å². The smallest absolute Gasteiger partial charge is 0.312 e. The van der Waals surface area contributed by atoms with E-state index in [4.69, 9.17) is 4.74 Å². The van der Waals surface area contributed by atoms with Gasteiger partial charge in [-0.15, -0.1) is 0 Å². The summed E-state index contributed by atoms with van der Waals surface area (Å²) in [6.07, 6.45) is 11.2. The van der Waals surface area contributed by atoms with E-state index in [1.807, 2.05) is 12.4 Å². The molecule has 26 heavy (non-hydrogen) atoms. The molecule has 6 nitrogen and oxygen atoms in total. The minimum Gasteiger partial charge on any atom is -0.461 e. The Morgan fingerprint density at radius 3 is 2.50 bits per heavy atom. The van der Waals surface area contributed by atoms with Crippen molar-refractivity contribution in [2.45, 2.75) is 58.0 Å². The normalized spacial score (nSPS) is 25.8. The van der Waals surface area contributed by atoms with Crippen LogP contribution in [-0.4, -0.2) is 59.7 Å². The maximum Gasteiger partial charge on any atom is 0.312 e. The molecule has 1 spiro atoms. The number of esters is 1. The number of aromatic nitrogens is 2. The number of likely N-dealkylation sites (tertiary alicyclic amines) is 1. The van der Waals surface area contributed by atoms with Crippen molar-refractivity contribution in [3.63, 3.8) is 0 Å². The van der Waals surface area contributed by atoms with Gasteiger partial charge in [0.15, 0.2) is 0 Å². The number of ether oxygens (including phenoxy) is 1. The number of carbonyl (C=O) groups excluding carboxylic acids is 1. The van der Waals surface area contributed by atoms with Gasteiger partial charge < -0.3 is 9.64 Å². The number of cyclic esters (lactones) is 1. The lowest BCUT2D eigenvalue weighted by Gasteiger charge is -2.36. The van der Waals surface area contributed by atoms with Gasteiger partial charge in [-0.1, -0.05) is 13.3 Å². The van der Waals surface area contributed by atoms with E-state index >= 15 is 0 Å². The molecule has 6 heteroatoms. The van der Waals surface area contributed by atoms with Crippen molar-refractivity contribution >= 4 is 11.9 Å². The Kier molecular flexibility index (Phi) is 5.11. The molecule has 0 amide bonds. The van der Waals surface area contributed by atoms with Crippen LogP contribution in [0.25, 0.3) is 0 Å². The summed E-state index contributed by atoms with van der Waals surface area (Å²) in [6, 6.07) is 0. The number of carbonyl (C=O) groups is 1. The number of hydrogen-bond acceptors (Lipinski definition) is 6. The summed E-state index contributed by atoms with van der Waals surface area (Å²) in [5, 5.41) is 0. The van der Waals surface area contributed by atoms with Crippen LogP contribution >= 0.6 is 0 Å². The van der Waals surface area contributed by atoms with Crippen LogP contribution in [0.5, 0.6) is 0 Å². The summed E-state index contributed by atoms with van der Waals surface area (Å²) < 4.78 is 5.77. The highest BCUT2D eigenvalue weighted by atomic mass is 16.6. The fraction of sp³-hybridized carbons (Fsp3) is 0.750. The highest BCUT2D eigenvalue weighted by molar-refractivity contribution is 5.79. The third-order valence-corrected chi connectivity index (χ3v) is 6.22. The molecule has 0 N–H and O–H groups in total. The number of nitrogens with zero attached hydrogens (tertiary/aromatic N) is 4. The van der Waals surface area contributed by atoms with Crippen LogP contribution in [-0.2, 0) is 16.0 Å². The average molecular weight is 358 g/mol. The van der Waals surface area contributed by atoms with Crippen molar-refractivity contribution in [3.8, 4) is 0 Å². The van der Waals surface area contributed by atoms with Crippen LogP contribution in [0.15, 0.2) is 12.4 Å². The first-order chi connectivity index (χ1) is 12.7. The van der Waals surface area contributed by atoms with Crippen molar-refractivity contribution < 1.29 is 9.53 Å². The van der Waals surface area contributed by atoms with E-state index in [9.17, 15) is 4.79 Å². The fourth-order valence-electron chi connectivity index (χ4n) is 4.66. The van der Waals surface area contributed by atoms with Gasteiger partial charge in [0.1, 0.15) is 6.10 Å². The summed E-state index contributed by atoms with van der Waals surface area (Å²) in [5.41, 5.74) is 0.914. The highest BCUT2D eigenvalue weighted by Crippen LogP contribution is 2.43. The van der Waals surface area contributed by atoms with Gasteiger partial charge in [-0.25, -0.2) is 9.97 Å². The second kappa shape index (κ2) is 7.51. The van der Waals surface area contributed by atoms with E-state index in [-0.39, 0.29) is 17.5 Å². The van der Waals surface area contributed by atoms with E-state index in [2.05, 4.69) is 26.7 Å². The van der Waals surface area contributed by atoms with Crippen LogP contribution in [0.1, 0.15) is 51.0 Å². The second-order valence-electron chi connectivity index (χ2n) is 8.15. The van der Waals surface area contributed by atoms with Crippen molar-refractivity contribution in [2.75, 3.05) is 37.6 Å². The van der Waals surface area contributed by atoms with Gasteiger partial charge in [0.25, 0.3) is 0 Å². The van der Waals surface area contributed by atoms with Crippen LogP contribution in [0, 0.1) is 5.41 Å². The SMILES string of the molecule is CCCc1cnc(N2CCC3(CC2)CC(CN2CCCC2)OC3=O)nc1. The molecule has 1 aromatic heterocycles. The molecule has 0 radical (unpaired) electrons. The lowest BCUT2D eigenvalue weighted by molar-refractivity contribution is -0.150. The van der Waals surface area contributed by atoms with Gasteiger partial charge in [0.2, 0.25) is 5.95 Å². The molecule has 0 bridgehead atoms. The van der Waals surface area contributed by atoms with Crippen molar-refractivity contribution in [3.05, 3.63) is 18.0 Å². The standard InChI is InChI=1S/C20H30N4O2/c1-2-5-16-13-21-19(22-14-16)24-10-6-20(7-11-24)12-17(26-18(20)25)15-23-8-3-4-9-23/h13-14,17H,2-12,15H2,1H3. The largest absolute Gasteiger partial charge is 0.461 e. The molecule has 4 rings (SSSR count). The average Bonchev–Trinajstić information content (AvgIpc) is 3.26. The quantitative estimate of drug-likeness (QED) is 0.754. The first-order valence-electron chi connectivity index (χ1n) is 10.2. The summed E-state index contributed by atoms with van der Waals surface area (Å²) >= 11 is 0. The zero-order chi connectivity index (χ0) is 18.0. The Morgan fingerprint density at radius 2 is 1.85 bits per heavy atom. The monoisotopic (exact) mass is 358 g/mol. The predicted octanol–water partition coefficient (Wildman–Crippen LogP) is 2.43. The van der Waals surface area contributed by atoms with E-state index in [1.54, 1.807) is 0 Å². The molecule has 1 atom stereocenters. The summed E-state index contributed by atoms with van der Waals surface area (Å²) in [5.74, 6) is 0.820. The maximum atomic E-state index is 12.6. The van der Waals surface area contributed by atoms with Crippen molar-refractivity contribution in [1.29, 1.82) is 0 Å². The Morgan fingerprint density at radius 1 is 1.15 bits per heavy atom. The molecule has 0 aromatic carbocycles. The highest BCUT2D eigenvalue weighted by Gasteiger charge is 2.50. The second-order valence-corrected chi connectivity index (χ2v) is 8.15. The molecule has 4 heterocycles. The number of anilines is 1. The first-order valence-corrected chi connectivity index (χ1v) is 10.2. The zero-order valence-corrected chi connectivity index (χ0v) is 15.8. The Labute approximate surface area is 155 Å².